The average Bonchev–Trinajstić information content (AvgIpc) is 2.89. The van der Waals surface area contributed by atoms with E-state index >= 15 is 0 Å². The quantitative estimate of drug-likeness (QED) is 0.880. The molecule has 0 radical (unpaired) electrons. The smallest absolute Gasteiger partial charge is 0.174 e. The van der Waals surface area contributed by atoms with Gasteiger partial charge in [0, 0.05) is 6.07 Å². The molecule has 5 nitrogen and oxygen atoms in total. The van der Waals surface area contributed by atoms with Crippen molar-refractivity contribution in [3.63, 3.8) is 0 Å². The molecule has 0 aliphatic heterocycles. The van der Waals surface area contributed by atoms with Crippen LogP contribution in [0.1, 0.15) is 24.4 Å². The van der Waals surface area contributed by atoms with Crippen molar-refractivity contribution in [3.05, 3.63) is 41.8 Å². The van der Waals surface area contributed by atoms with Gasteiger partial charge in [0.15, 0.2) is 17.3 Å². The van der Waals surface area contributed by atoms with Gasteiger partial charge in [-0.15, -0.1) is 0 Å². The lowest BCUT2D eigenvalue weighted by atomic mass is 10.1. The number of aromatic nitrogens is 1. The van der Waals surface area contributed by atoms with Crippen LogP contribution in [0.4, 0.5) is 0 Å². The maximum Gasteiger partial charge on any atom is 0.174 e. The zero-order chi connectivity index (χ0) is 13.0. The Morgan fingerprint density at radius 1 is 1.33 bits per heavy atom. The van der Waals surface area contributed by atoms with E-state index < -0.39 is 6.10 Å². The Hall–Kier alpha value is -2.01. The van der Waals surface area contributed by atoms with Crippen molar-refractivity contribution in [2.24, 2.45) is 0 Å². The Kier molecular flexibility index (Phi) is 3.84. The lowest BCUT2D eigenvalue weighted by molar-refractivity contribution is 0.198. The Labute approximate surface area is 105 Å². The molecule has 1 atom stereocenters. The van der Waals surface area contributed by atoms with Crippen molar-refractivity contribution in [2.45, 2.75) is 19.6 Å². The highest BCUT2D eigenvalue weighted by Gasteiger charge is 2.09. The van der Waals surface area contributed by atoms with Crippen LogP contribution in [0.2, 0.25) is 0 Å². The highest BCUT2D eigenvalue weighted by molar-refractivity contribution is 5.43. The summed E-state index contributed by atoms with van der Waals surface area (Å²) in [6.07, 6.45) is 1.02. The molecule has 1 N–H and O–H groups in total. The van der Waals surface area contributed by atoms with Gasteiger partial charge in [-0.1, -0.05) is 11.2 Å². The summed E-state index contributed by atoms with van der Waals surface area (Å²) < 4.78 is 15.7. The molecule has 0 fully saturated rings. The van der Waals surface area contributed by atoms with E-state index in [1.165, 1.54) is 0 Å². The minimum Gasteiger partial charge on any atom is -0.493 e. The molecule has 1 heterocycles. The second kappa shape index (κ2) is 5.55. The summed E-state index contributed by atoms with van der Waals surface area (Å²) >= 11 is 0. The minimum absolute atomic E-state index is 0.282. The second-order valence-corrected chi connectivity index (χ2v) is 3.85. The summed E-state index contributed by atoms with van der Waals surface area (Å²) in [5.41, 5.74) is 0.777. The van der Waals surface area contributed by atoms with E-state index in [4.69, 9.17) is 14.0 Å². The van der Waals surface area contributed by atoms with Gasteiger partial charge in [0.05, 0.1) is 19.4 Å². The highest BCUT2D eigenvalue weighted by atomic mass is 16.5. The molecule has 2 aromatic rings. The fourth-order valence-electron chi connectivity index (χ4n) is 1.53. The number of hydrogen-bond acceptors (Lipinski definition) is 5. The summed E-state index contributed by atoms with van der Waals surface area (Å²) in [6.45, 7) is 1.98. The monoisotopic (exact) mass is 249 g/mol. The molecule has 0 aliphatic rings. The molecular weight excluding hydrogens is 234 g/mol. The zero-order valence-corrected chi connectivity index (χ0v) is 10.3. The van der Waals surface area contributed by atoms with Crippen molar-refractivity contribution in [3.8, 4) is 11.5 Å². The van der Waals surface area contributed by atoms with Crippen LogP contribution in [0.3, 0.4) is 0 Å². The normalized spacial score (nSPS) is 12.2. The molecule has 0 saturated carbocycles. The van der Waals surface area contributed by atoms with Crippen LogP contribution in [0.25, 0.3) is 0 Å². The van der Waals surface area contributed by atoms with Crippen LogP contribution in [-0.4, -0.2) is 17.4 Å². The van der Waals surface area contributed by atoms with Gasteiger partial charge in [0.2, 0.25) is 0 Å². The van der Waals surface area contributed by atoms with E-state index in [9.17, 15) is 5.11 Å². The van der Waals surface area contributed by atoms with Crippen LogP contribution in [0.5, 0.6) is 11.5 Å². The van der Waals surface area contributed by atoms with Gasteiger partial charge in [-0.3, -0.25) is 0 Å². The fourth-order valence-corrected chi connectivity index (χ4v) is 1.53. The molecule has 0 aliphatic carbocycles. The fraction of sp³-hybridized carbons (Fsp3) is 0.308. The Morgan fingerprint density at radius 2 is 2.17 bits per heavy atom. The third-order valence-electron chi connectivity index (χ3n) is 2.53. The molecule has 0 unspecified atom stereocenters. The Morgan fingerprint density at radius 3 is 2.78 bits per heavy atom. The molecule has 0 amide bonds. The maximum atomic E-state index is 9.50. The molecule has 0 spiro atoms. The standard InChI is InChI=1S/C13H15NO4/c1-9(15)10-3-4-12(13(7-10)16-2)17-8-11-5-6-14-18-11/h3-7,9,15H,8H2,1-2H3/t9-/m0/s1. The molecule has 0 bridgehead atoms. The molecule has 18 heavy (non-hydrogen) atoms. The first kappa shape index (κ1) is 12.4. The lowest BCUT2D eigenvalue weighted by Gasteiger charge is -2.12. The number of aliphatic hydroxyl groups is 1. The second-order valence-electron chi connectivity index (χ2n) is 3.85. The van der Waals surface area contributed by atoms with Gasteiger partial charge in [0.25, 0.3) is 0 Å². The summed E-state index contributed by atoms with van der Waals surface area (Å²) in [7, 11) is 1.56. The van der Waals surface area contributed by atoms with Crippen molar-refractivity contribution < 1.29 is 19.1 Å². The van der Waals surface area contributed by atoms with Gasteiger partial charge >= 0.3 is 0 Å². The van der Waals surface area contributed by atoms with Gasteiger partial charge in [0.1, 0.15) is 6.61 Å². The summed E-state index contributed by atoms with van der Waals surface area (Å²) in [5, 5.41) is 13.1. The third-order valence-corrected chi connectivity index (χ3v) is 2.53. The number of nitrogens with zero attached hydrogens (tertiary/aromatic N) is 1. The van der Waals surface area contributed by atoms with Crippen LogP contribution >= 0.6 is 0 Å². The minimum atomic E-state index is -0.540. The van der Waals surface area contributed by atoms with Crippen LogP contribution in [0.15, 0.2) is 35.0 Å². The van der Waals surface area contributed by atoms with Gasteiger partial charge in [-0.05, 0) is 24.6 Å². The molecule has 1 aromatic heterocycles. The maximum absolute atomic E-state index is 9.50. The highest BCUT2D eigenvalue weighted by Crippen LogP contribution is 2.30. The molecule has 96 valence electrons. The summed E-state index contributed by atoms with van der Waals surface area (Å²) in [4.78, 5) is 0. The van der Waals surface area contributed by atoms with Crippen molar-refractivity contribution in [2.75, 3.05) is 7.11 Å². The number of methoxy groups -OCH3 is 1. The molecule has 1 aromatic carbocycles. The largest absolute Gasteiger partial charge is 0.493 e. The average molecular weight is 249 g/mol. The predicted molar refractivity (Wildman–Crippen MR) is 64.5 cm³/mol. The number of benzene rings is 1. The lowest BCUT2D eigenvalue weighted by Crippen LogP contribution is -1.98. The summed E-state index contributed by atoms with van der Waals surface area (Å²) in [5.74, 6) is 1.81. The first-order chi connectivity index (χ1) is 8.70. The van der Waals surface area contributed by atoms with Gasteiger partial charge in [-0.25, -0.2) is 0 Å². The van der Waals surface area contributed by atoms with Gasteiger partial charge < -0.3 is 19.1 Å². The molecule has 2 rings (SSSR count). The predicted octanol–water partition coefficient (Wildman–Crippen LogP) is 2.32. The van der Waals surface area contributed by atoms with Crippen LogP contribution in [-0.2, 0) is 6.61 Å². The SMILES string of the molecule is COc1cc([C@H](C)O)ccc1OCc1ccno1. The Bertz CT molecular complexity index is 494. The number of hydrogen-bond donors (Lipinski definition) is 1. The van der Waals surface area contributed by atoms with Crippen LogP contribution in [0, 0.1) is 0 Å². The first-order valence-corrected chi connectivity index (χ1v) is 5.59. The van der Waals surface area contributed by atoms with Crippen molar-refractivity contribution >= 4 is 0 Å². The van der Waals surface area contributed by atoms with Gasteiger partial charge in [-0.2, -0.15) is 0 Å². The van der Waals surface area contributed by atoms with E-state index in [0.29, 0.717) is 17.3 Å². The molecule has 5 heteroatoms. The van der Waals surface area contributed by atoms with E-state index in [1.807, 2.05) is 0 Å². The molecular formula is C13H15NO4. The van der Waals surface area contributed by atoms with Crippen LogP contribution < -0.4 is 9.47 Å². The zero-order valence-electron chi connectivity index (χ0n) is 10.3. The number of rotatable bonds is 5. The number of aliphatic hydroxyl groups excluding tert-OH is 1. The van der Waals surface area contributed by atoms with E-state index in [2.05, 4.69) is 5.16 Å². The van der Waals surface area contributed by atoms with E-state index in [1.54, 1.807) is 44.5 Å². The molecule has 0 saturated heterocycles. The van der Waals surface area contributed by atoms with E-state index in [0.717, 1.165) is 5.56 Å². The Balaban J connectivity index is 2.12. The van der Waals surface area contributed by atoms with Crippen molar-refractivity contribution in [1.29, 1.82) is 0 Å². The van der Waals surface area contributed by atoms with E-state index in [-0.39, 0.29) is 6.61 Å². The topological polar surface area (TPSA) is 64.7 Å². The van der Waals surface area contributed by atoms with Crippen molar-refractivity contribution in [1.82, 2.24) is 5.16 Å². The number of ether oxygens (including phenoxy) is 2. The third kappa shape index (κ3) is 2.81. The summed E-state index contributed by atoms with van der Waals surface area (Å²) in [6, 6.07) is 7.04. The first-order valence-electron chi connectivity index (χ1n) is 5.59.